The van der Waals surface area contributed by atoms with Gasteiger partial charge in [-0.25, -0.2) is 0 Å². The van der Waals surface area contributed by atoms with Crippen LogP contribution in [-0.4, -0.2) is 24.4 Å². The zero-order valence-corrected chi connectivity index (χ0v) is 10.3. The third kappa shape index (κ3) is 3.45. The molecule has 1 aliphatic rings. The van der Waals surface area contributed by atoms with Gasteiger partial charge in [0.1, 0.15) is 12.4 Å². The lowest BCUT2D eigenvalue weighted by molar-refractivity contribution is -0.0116. The second-order valence-electron chi connectivity index (χ2n) is 4.51. The number of aliphatic hydroxyl groups is 1. The van der Waals surface area contributed by atoms with E-state index in [0.29, 0.717) is 6.61 Å². The van der Waals surface area contributed by atoms with Crippen molar-refractivity contribution < 1.29 is 14.6 Å². The van der Waals surface area contributed by atoms with Crippen molar-refractivity contribution in [2.45, 2.75) is 38.4 Å². The van der Waals surface area contributed by atoms with Gasteiger partial charge in [-0.15, -0.1) is 0 Å². The average Bonchev–Trinajstić information content (AvgIpc) is 2.38. The van der Waals surface area contributed by atoms with Crippen LogP contribution in [0.15, 0.2) is 24.3 Å². The maximum Gasteiger partial charge on any atom is 0.125 e. The Morgan fingerprint density at radius 2 is 2.24 bits per heavy atom. The van der Waals surface area contributed by atoms with Crippen LogP contribution in [0.1, 0.15) is 37.9 Å². The Kier molecular flexibility index (Phi) is 4.40. The number of aliphatic hydroxyl groups excluding tert-OH is 1. The molecule has 0 saturated carbocycles. The molecule has 3 nitrogen and oxygen atoms in total. The van der Waals surface area contributed by atoms with E-state index in [9.17, 15) is 5.11 Å². The molecule has 2 rings (SSSR count). The second-order valence-corrected chi connectivity index (χ2v) is 4.51. The molecule has 1 aromatic rings. The van der Waals surface area contributed by atoms with E-state index in [0.717, 1.165) is 30.8 Å². The van der Waals surface area contributed by atoms with Gasteiger partial charge in [-0.1, -0.05) is 18.2 Å². The van der Waals surface area contributed by atoms with E-state index >= 15 is 0 Å². The molecule has 0 amide bonds. The summed E-state index contributed by atoms with van der Waals surface area (Å²) < 4.78 is 11.4. The Balaban J connectivity index is 1.93. The molecule has 1 N–H and O–H groups in total. The Morgan fingerprint density at radius 3 is 2.94 bits per heavy atom. The van der Waals surface area contributed by atoms with E-state index in [-0.39, 0.29) is 6.10 Å². The van der Waals surface area contributed by atoms with Gasteiger partial charge in [-0.2, -0.15) is 0 Å². The van der Waals surface area contributed by atoms with E-state index in [1.54, 1.807) is 6.92 Å². The lowest BCUT2D eigenvalue weighted by Crippen LogP contribution is -2.26. The minimum absolute atomic E-state index is 0.200. The lowest BCUT2D eigenvalue weighted by Gasteiger charge is -2.23. The van der Waals surface area contributed by atoms with Gasteiger partial charge in [0.15, 0.2) is 0 Å². The van der Waals surface area contributed by atoms with Crippen LogP contribution in [-0.2, 0) is 4.74 Å². The van der Waals surface area contributed by atoms with Gasteiger partial charge in [0, 0.05) is 12.2 Å². The number of para-hydroxylation sites is 1. The lowest BCUT2D eigenvalue weighted by atomic mass is 10.1. The molecular weight excluding hydrogens is 216 g/mol. The largest absolute Gasteiger partial charge is 0.490 e. The molecule has 1 aliphatic heterocycles. The molecule has 1 fully saturated rings. The van der Waals surface area contributed by atoms with Crippen molar-refractivity contribution in [3.63, 3.8) is 0 Å². The normalized spacial score (nSPS) is 22.1. The van der Waals surface area contributed by atoms with Crippen LogP contribution < -0.4 is 4.74 Å². The van der Waals surface area contributed by atoms with Crippen LogP contribution in [0.3, 0.4) is 0 Å². The molecule has 3 heteroatoms. The van der Waals surface area contributed by atoms with Crippen LogP contribution >= 0.6 is 0 Å². The summed E-state index contributed by atoms with van der Waals surface area (Å²) in [5.74, 6) is 0.761. The molecule has 17 heavy (non-hydrogen) atoms. The van der Waals surface area contributed by atoms with Crippen LogP contribution in [0.4, 0.5) is 0 Å². The first-order valence-electron chi connectivity index (χ1n) is 6.29. The molecule has 2 atom stereocenters. The molecule has 0 aliphatic carbocycles. The molecular formula is C14H20O3. The van der Waals surface area contributed by atoms with Crippen molar-refractivity contribution in [2.24, 2.45) is 0 Å². The molecule has 0 bridgehead atoms. The first-order chi connectivity index (χ1) is 8.27. The molecule has 0 radical (unpaired) electrons. The molecule has 1 aromatic carbocycles. The zero-order valence-electron chi connectivity index (χ0n) is 10.3. The van der Waals surface area contributed by atoms with Crippen molar-refractivity contribution in [1.82, 2.24) is 0 Å². The second kappa shape index (κ2) is 6.03. The first kappa shape index (κ1) is 12.4. The summed E-state index contributed by atoms with van der Waals surface area (Å²) in [5, 5.41) is 9.63. The highest BCUT2D eigenvalue weighted by Crippen LogP contribution is 2.25. The summed E-state index contributed by atoms with van der Waals surface area (Å²) in [5.41, 5.74) is 0.836. The Bertz CT molecular complexity index is 343. The van der Waals surface area contributed by atoms with Gasteiger partial charge in [-0.05, 0) is 32.3 Å². The maximum absolute atomic E-state index is 9.63. The van der Waals surface area contributed by atoms with Crippen molar-refractivity contribution in [2.75, 3.05) is 13.2 Å². The Morgan fingerprint density at radius 1 is 1.41 bits per heavy atom. The quantitative estimate of drug-likeness (QED) is 0.873. The summed E-state index contributed by atoms with van der Waals surface area (Å²) in [6, 6.07) is 7.61. The highest BCUT2D eigenvalue weighted by Gasteiger charge is 2.15. The molecule has 1 saturated heterocycles. The van der Waals surface area contributed by atoms with Gasteiger partial charge in [-0.3, -0.25) is 0 Å². The fourth-order valence-electron chi connectivity index (χ4n) is 2.08. The number of hydrogen-bond donors (Lipinski definition) is 1. The molecule has 0 spiro atoms. The minimum atomic E-state index is -0.501. The van der Waals surface area contributed by atoms with Crippen molar-refractivity contribution >= 4 is 0 Å². The van der Waals surface area contributed by atoms with E-state index in [4.69, 9.17) is 9.47 Å². The van der Waals surface area contributed by atoms with E-state index in [1.165, 1.54) is 6.42 Å². The predicted octanol–water partition coefficient (Wildman–Crippen LogP) is 2.69. The monoisotopic (exact) mass is 236 g/mol. The summed E-state index contributed by atoms with van der Waals surface area (Å²) in [6.07, 6.45) is 3.13. The van der Waals surface area contributed by atoms with E-state index < -0.39 is 6.10 Å². The minimum Gasteiger partial charge on any atom is -0.490 e. The van der Waals surface area contributed by atoms with Crippen molar-refractivity contribution in [3.05, 3.63) is 29.8 Å². The number of rotatable bonds is 4. The van der Waals surface area contributed by atoms with Crippen LogP contribution in [0, 0.1) is 0 Å². The molecule has 2 unspecified atom stereocenters. The van der Waals surface area contributed by atoms with Gasteiger partial charge in [0.2, 0.25) is 0 Å². The summed E-state index contributed by atoms with van der Waals surface area (Å²) in [4.78, 5) is 0. The number of benzene rings is 1. The summed E-state index contributed by atoms with van der Waals surface area (Å²) in [7, 11) is 0. The number of hydrogen-bond acceptors (Lipinski definition) is 3. The molecule has 94 valence electrons. The fraction of sp³-hybridized carbons (Fsp3) is 0.571. The average molecular weight is 236 g/mol. The Labute approximate surface area is 102 Å². The van der Waals surface area contributed by atoms with Gasteiger partial charge < -0.3 is 14.6 Å². The SMILES string of the molecule is CC(O)c1ccccc1OCC1CCCCO1. The highest BCUT2D eigenvalue weighted by atomic mass is 16.5. The van der Waals surface area contributed by atoms with Gasteiger partial charge in [0.05, 0.1) is 12.2 Å². The van der Waals surface area contributed by atoms with Gasteiger partial charge in [0.25, 0.3) is 0 Å². The first-order valence-corrected chi connectivity index (χ1v) is 6.29. The zero-order chi connectivity index (χ0) is 12.1. The van der Waals surface area contributed by atoms with Crippen LogP contribution in [0.2, 0.25) is 0 Å². The third-order valence-corrected chi connectivity index (χ3v) is 3.07. The van der Waals surface area contributed by atoms with Crippen LogP contribution in [0.25, 0.3) is 0 Å². The molecule has 1 heterocycles. The third-order valence-electron chi connectivity index (χ3n) is 3.07. The van der Waals surface area contributed by atoms with Crippen molar-refractivity contribution in [3.8, 4) is 5.75 Å². The number of ether oxygens (including phenoxy) is 2. The van der Waals surface area contributed by atoms with E-state index in [1.807, 2.05) is 24.3 Å². The van der Waals surface area contributed by atoms with Crippen molar-refractivity contribution in [1.29, 1.82) is 0 Å². The van der Waals surface area contributed by atoms with Gasteiger partial charge >= 0.3 is 0 Å². The topological polar surface area (TPSA) is 38.7 Å². The maximum atomic E-state index is 9.63. The van der Waals surface area contributed by atoms with E-state index in [2.05, 4.69) is 0 Å². The Hall–Kier alpha value is -1.06. The fourth-order valence-corrected chi connectivity index (χ4v) is 2.08. The highest BCUT2D eigenvalue weighted by molar-refractivity contribution is 5.34. The standard InChI is InChI=1S/C14H20O3/c1-11(15)13-7-2-3-8-14(13)17-10-12-6-4-5-9-16-12/h2-3,7-8,11-12,15H,4-6,9-10H2,1H3. The molecule has 0 aromatic heterocycles. The smallest absolute Gasteiger partial charge is 0.125 e. The van der Waals surface area contributed by atoms with Crippen LogP contribution in [0.5, 0.6) is 5.75 Å². The predicted molar refractivity (Wildman–Crippen MR) is 66.2 cm³/mol. The summed E-state index contributed by atoms with van der Waals surface area (Å²) >= 11 is 0. The summed E-state index contributed by atoms with van der Waals surface area (Å²) in [6.45, 7) is 3.16.